The lowest BCUT2D eigenvalue weighted by Gasteiger charge is -2.52. The third kappa shape index (κ3) is 3.90. The highest BCUT2D eigenvalue weighted by Crippen LogP contribution is 2.59. The Hall–Kier alpha value is -3.68. The van der Waals surface area contributed by atoms with Crippen LogP contribution in [0.3, 0.4) is 0 Å². The molecule has 2 aromatic heterocycles. The monoisotopic (exact) mass is 543 g/mol. The molecule has 2 fully saturated rings. The minimum absolute atomic E-state index is 0.121. The first-order valence-electron chi connectivity index (χ1n) is 11.2. The van der Waals surface area contributed by atoms with E-state index in [4.69, 9.17) is 9.47 Å². The van der Waals surface area contributed by atoms with Crippen LogP contribution >= 0.6 is 22.7 Å². The second kappa shape index (κ2) is 9.01. The predicted octanol–water partition coefficient (Wildman–Crippen LogP) is 4.36. The summed E-state index contributed by atoms with van der Waals surface area (Å²) in [6, 6.07) is 5.06. The minimum Gasteiger partial charge on any atom is -0.422 e. The van der Waals surface area contributed by atoms with Gasteiger partial charge in [-0.25, -0.2) is 0 Å². The molecule has 1 N–H and O–H groups in total. The minimum atomic E-state index is -2.33. The van der Waals surface area contributed by atoms with E-state index in [-0.39, 0.29) is 5.56 Å². The van der Waals surface area contributed by atoms with Crippen LogP contribution in [0.15, 0.2) is 57.9 Å². The number of esters is 2. The number of nitro groups is 2. The number of rotatable bonds is 5. The molecule has 2 saturated heterocycles. The van der Waals surface area contributed by atoms with Gasteiger partial charge in [-0.1, -0.05) is 18.2 Å². The summed E-state index contributed by atoms with van der Waals surface area (Å²) >= 11 is 2.64. The summed E-state index contributed by atoms with van der Waals surface area (Å²) in [5.74, 6) is -5.32. The van der Waals surface area contributed by atoms with E-state index < -0.39 is 62.7 Å². The fourth-order valence-electron chi connectivity index (χ4n) is 5.39. The number of piperidine rings is 1. The van der Waals surface area contributed by atoms with E-state index in [9.17, 15) is 29.8 Å². The van der Waals surface area contributed by atoms with Gasteiger partial charge in [-0.05, 0) is 44.8 Å². The summed E-state index contributed by atoms with van der Waals surface area (Å²) in [5.41, 5.74) is -1.83. The number of ether oxygens (including phenoxy) is 2. The first kappa shape index (κ1) is 25.0. The molecule has 37 heavy (non-hydrogen) atoms. The number of nitro benzene ring substituents is 1. The van der Waals surface area contributed by atoms with Gasteiger partial charge in [0.15, 0.2) is 5.41 Å². The van der Waals surface area contributed by atoms with Crippen molar-refractivity contribution in [1.82, 2.24) is 5.32 Å². The zero-order valence-corrected chi connectivity index (χ0v) is 21.2. The van der Waals surface area contributed by atoms with E-state index in [0.29, 0.717) is 11.1 Å². The number of hydrogen-bond acceptors (Lipinski definition) is 11. The van der Waals surface area contributed by atoms with E-state index in [0.717, 1.165) is 0 Å². The molecule has 2 aliphatic heterocycles. The molecule has 11 nitrogen and oxygen atoms in total. The molecule has 4 unspecified atom stereocenters. The van der Waals surface area contributed by atoms with Gasteiger partial charge in [-0.2, -0.15) is 22.7 Å². The molecule has 0 saturated carbocycles. The molecular weight excluding hydrogens is 522 g/mol. The third-order valence-electron chi connectivity index (χ3n) is 6.82. The van der Waals surface area contributed by atoms with Crippen LogP contribution in [-0.2, 0) is 19.1 Å². The number of para-hydroxylation sites is 1. The van der Waals surface area contributed by atoms with E-state index in [1.54, 1.807) is 33.7 Å². The van der Waals surface area contributed by atoms with Gasteiger partial charge in [-0.3, -0.25) is 35.1 Å². The molecule has 0 bridgehead atoms. The van der Waals surface area contributed by atoms with Crippen molar-refractivity contribution in [3.8, 4) is 0 Å². The van der Waals surface area contributed by atoms with Gasteiger partial charge in [0.25, 0.3) is 11.5 Å². The topological polar surface area (TPSA) is 151 Å². The molecule has 0 aliphatic carbocycles. The quantitative estimate of drug-likeness (QED) is 0.214. The molecule has 2 aliphatic rings. The Balaban J connectivity index is 1.87. The Morgan fingerprint density at radius 1 is 0.919 bits per heavy atom. The number of nitrogens with one attached hydrogen (secondary N) is 1. The van der Waals surface area contributed by atoms with Gasteiger partial charge in [0.2, 0.25) is 6.04 Å². The molecule has 192 valence electrons. The molecule has 13 heteroatoms. The van der Waals surface area contributed by atoms with Crippen molar-refractivity contribution in [2.24, 2.45) is 5.41 Å². The molecule has 0 radical (unpaired) electrons. The highest BCUT2D eigenvalue weighted by atomic mass is 32.1. The van der Waals surface area contributed by atoms with Crippen molar-refractivity contribution in [3.63, 3.8) is 0 Å². The summed E-state index contributed by atoms with van der Waals surface area (Å²) < 4.78 is 11.1. The lowest BCUT2D eigenvalue weighted by Crippen LogP contribution is -2.68. The van der Waals surface area contributed by atoms with Crippen LogP contribution in [0.2, 0.25) is 0 Å². The molecule has 4 atom stereocenters. The molecule has 0 amide bonds. The number of hydrogen-bond donors (Lipinski definition) is 1. The number of nitrogens with zero attached hydrogens (tertiary/aromatic N) is 2. The molecule has 3 aromatic rings. The van der Waals surface area contributed by atoms with Gasteiger partial charge >= 0.3 is 11.9 Å². The van der Waals surface area contributed by atoms with Gasteiger partial charge in [0.1, 0.15) is 6.04 Å². The van der Waals surface area contributed by atoms with Crippen LogP contribution < -0.4 is 5.32 Å². The second-order valence-corrected chi connectivity index (χ2v) is 10.9. The van der Waals surface area contributed by atoms with Crippen LogP contribution in [-0.4, -0.2) is 33.6 Å². The van der Waals surface area contributed by atoms with Crippen LogP contribution in [0.25, 0.3) is 0 Å². The lowest BCUT2D eigenvalue weighted by molar-refractivity contribution is -0.539. The Morgan fingerprint density at radius 3 is 2.05 bits per heavy atom. The first-order valence-corrected chi connectivity index (χ1v) is 13.1. The molecular formula is C24H21N3O8S2. The highest BCUT2D eigenvalue weighted by molar-refractivity contribution is 7.08. The van der Waals surface area contributed by atoms with Crippen LogP contribution in [0, 0.1) is 25.6 Å². The first-order chi connectivity index (χ1) is 17.6. The maximum absolute atomic E-state index is 14.0. The zero-order chi connectivity index (χ0) is 26.5. The lowest BCUT2D eigenvalue weighted by atomic mass is 9.58. The Labute approximate surface area is 218 Å². The standard InChI is InChI=1S/C24H21N3O8S2/c1-23(2)34-21(28)24(22(29)35-23)17(15-5-3-4-6-16(15)26(30)31)19(27(32)33)18(13-7-9-36-11-13)25-20(24)14-8-10-37-12-14/h3-12,17-20,25H,1-2H3. The van der Waals surface area contributed by atoms with Gasteiger partial charge < -0.3 is 9.47 Å². The van der Waals surface area contributed by atoms with Crippen LogP contribution in [0.1, 0.15) is 48.5 Å². The summed E-state index contributed by atoms with van der Waals surface area (Å²) in [6.07, 6.45) is 0. The smallest absolute Gasteiger partial charge is 0.329 e. The van der Waals surface area contributed by atoms with Crippen molar-refractivity contribution < 1.29 is 28.9 Å². The number of carbonyl (C=O) groups excluding carboxylic acids is 2. The normalized spacial score (nSPS) is 26.3. The third-order valence-corrected chi connectivity index (χ3v) is 8.22. The fourth-order valence-corrected chi connectivity index (χ4v) is 6.78. The highest BCUT2D eigenvalue weighted by Gasteiger charge is 2.73. The molecule has 5 rings (SSSR count). The SMILES string of the molecule is CC1(C)OC(=O)C2(C(=O)O1)C(c1ccsc1)NC(c1ccsc1)C([N+](=O)[O-])C2c1ccccc1[N+](=O)[O-]. The number of thiophene rings is 2. The summed E-state index contributed by atoms with van der Waals surface area (Å²) in [4.78, 5) is 51.6. The molecule has 1 spiro atoms. The number of benzene rings is 1. The van der Waals surface area contributed by atoms with Gasteiger partial charge in [0, 0.05) is 30.4 Å². The number of cyclic esters (lactones) is 2. The summed E-state index contributed by atoms with van der Waals surface area (Å²) in [6.45, 7) is 2.76. The maximum Gasteiger partial charge on any atom is 0.329 e. The van der Waals surface area contributed by atoms with Gasteiger partial charge in [-0.15, -0.1) is 0 Å². The van der Waals surface area contributed by atoms with E-state index in [2.05, 4.69) is 5.32 Å². The largest absolute Gasteiger partial charge is 0.422 e. The van der Waals surface area contributed by atoms with Crippen molar-refractivity contribution >= 4 is 40.3 Å². The average Bonchev–Trinajstić information content (AvgIpc) is 3.55. The Bertz CT molecular complexity index is 1350. The Kier molecular flexibility index (Phi) is 6.09. The molecule has 1 aromatic carbocycles. The summed E-state index contributed by atoms with van der Waals surface area (Å²) in [7, 11) is 0. The van der Waals surface area contributed by atoms with Crippen molar-refractivity contribution in [3.05, 3.63) is 94.8 Å². The fraction of sp³-hybridized carbons (Fsp3) is 0.333. The second-order valence-electron chi connectivity index (χ2n) is 9.31. The van der Waals surface area contributed by atoms with Crippen molar-refractivity contribution in [1.29, 1.82) is 0 Å². The number of carbonyl (C=O) groups is 2. The van der Waals surface area contributed by atoms with E-state index in [1.165, 1.54) is 60.8 Å². The molecule has 4 heterocycles. The van der Waals surface area contributed by atoms with Crippen molar-refractivity contribution in [2.45, 2.75) is 43.7 Å². The van der Waals surface area contributed by atoms with E-state index in [1.807, 2.05) is 0 Å². The predicted molar refractivity (Wildman–Crippen MR) is 133 cm³/mol. The van der Waals surface area contributed by atoms with Gasteiger partial charge in [0.05, 0.1) is 16.9 Å². The van der Waals surface area contributed by atoms with E-state index >= 15 is 0 Å². The summed E-state index contributed by atoms with van der Waals surface area (Å²) in [5, 5.41) is 35.0. The average molecular weight is 544 g/mol. The van der Waals surface area contributed by atoms with Crippen LogP contribution in [0.5, 0.6) is 0 Å². The van der Waals surface area contributed by atoms with Crippen molar-refractivity contribution in [2.75, 3.05) is 0 Å². The Morgan fingerprint density at radius 2 is 1.51 bits per heavy atom. The van der Waals surface area contributed by atoms with Crippen LogP contribution in [0.4, 0.5) is 5.69 Å². The maximum atomic E-state index is 14.0. The zero-order valence-electron chi connectivity index (χ0n) is 19.6.